The van der Waals surface area contributed by atoms with Crippen LogP contribution < -0.4 is 11.0 Å². The van der Waals surface area contributed by atoms with E-state index in [4.69, 9.17) is 0 Å². The van der Waals surface area contributed by atoms with E-state index in [9.17, 15) is 9.59 Å². The number of benzene rings is 1. The largest absolute Gasteiger partial charge is 0.355 e. The topological polar surface area (TPSA) is 81.8 Å². The third kappa shape index (κ3) is 4.20. The van der Waals surface area contributed by atoms with Crippen molar-refractivity contribution in [1.82, 2.24) is 24.6 Å². The van der Waals surface area contributed by atoms with E-state index in [2.05, 4.69) is 33.6 Å². The number of fused-ring (bicyclic) bond motifs is 1. The lowest BCUT2D eigenvalue weighted by atomic mass is 9.98. The van der Waals surface area contributed by atoms with E-state index in [1.807, 2.05) is 26.0 Å². The average molecular weight is 406 g/mol. The third-order valence-electron chi connectivity index (χ3n) is 5.71. The smallest absolute Gasteiger partial charge is 0.346 e. The first kappa shape index (κ1) is 20.1. The Kier molecular flexibility index (Phi) is 5.79. The Balaban J connectivity index is 1.49. The molecule has 1 atom stereocenters. The SMILES string of the molecule is Cc1ccc(C)c(Cn2nc3n(c2=O)CCCC3C(=O)NCCc2cccnc2)c1. The van der Waals surface area contributed by atoms with E-state index in [0.29, 0.717) is 31.9 Å². The number of aryl methyl sites for hydroxylation is 2. The highest BCUT2D eigenvalue weighted by Crippen LogP contribution is 2.24. The van der Waals surface area contributed by atoms with E-state index in [-0.39, 0.29) is 17.5 Å². The van der Waals surface area contributed by atoms with E-state index < -0.39 is 0 Å². The van der Waals surface area contributed by atoms with Gasteiger partial charge in [-0.3, -0.25) is 14.3 Å². The molecule has 0 fully saturated rings. The average Bonchev–Trinajstić information content (AvgIpc) is 3.07. The molecule has 1 aliphatic heterocycles. The summed E-state index contributed by atoms with van der Waals surface area (Å²) >= 11 is 0. The number of hydrogen-bond donors (Lipinski definition) is 1. The number of nitrogens with zero attached hydrogens (tertiary/aromatic N) is 4. The molecule has 0 saturated carbocycles. The highest BCUT2D eigenvalue weighted by atomic mass is 16.2. The molecule has 0 saturated heterocycles. The van der Waals surface area contributed by atoms with Gasteiger partial charge in [0.05, 0.1) is 12.5 Å². The Morgan fingerprint density at radius 1 is 1.27 bits per heavy atom. The number of nitrogens with one attached hydrogen (secondary N) is 1. The standard InChI is InChI=1S/C23H27N5O2/c1-16-7-8-17(2)19(13-16)15-28-23(30)27-12-4-6-20(21(27)26-28)22(29)25-11-9-18-5-3-10-24-14-18/h3,5,7-8,10,13-14,20H,4,6,9,11-12,15H2,1-2H3,(H,25,29). The highest BCUT2D eigenvalue weighted by Gasteiger charge is 2.31. The van der Waals surface area contributed by atoms with Crippen molar-refractivity contribution in [2.45, 2.75) is 52.1 Å². The van der Waals surface area contributed by atoms with Crippen molar-refractivity contribution < 1.29 is 4.79 Å². The zero-order valence-electron chi connectivity index (χ0n) is 17.5. The fraction of sp³-hybridized carbons (Fsp3) is 0.391. The van der Waals surface area contributed by atoms with Crippen LogP contribution in [0, 0.1) is 13.8 Å². The number of carbonyl (C=O) groups excluding carboxylic acids is 1. The van der Waals surface area contributed by atoms with Crippen LogP contribution in [0.5, 0.6) is 0 Å². The Hall–Kier alpha value is -3.22. The second-order valence-electron chi connectivity index (χ2n) is 7.98. The van der Waals surface area contributed by atoms with Gasteiger partial charge in [-0.2, -0.15) is 5.10 Å². The quantitative estimate of drug-likeness (QED) is 0.683. The fourth-order valence-electron chi connectivity index (χ4n) is 3.99. The van der Waals surface area contributed by atoms with E-state index in [1.54, 1.807) is 17.0 Å². The maximum Gasteiger partial charge on any atom is 0.346 e. The normalized spacial score (nSPS) is 15.6. The van der Waals surface area contributed by atoms with Crippen molar-refractivity contribution in [3.8, 4) is 0 Å². The van der Waals surface area contributed by atoms with Crippen LogP contribution in [-0.2, 0) is 24.3 Å². The number of rotatable bonds is 6. The minimum atomic E-state index is -0.389. The zero-order chi connectivity index (χ0) is 21.1. The summed E-state index contributed by atoms with van der Waals surface area (Å²) in [6, 6.07) is 10.1. The van der Waals surface area contributed by atoms with Gasteiger partial charge < -0.3 is 5.32 Å². The maximum absolute atomic E-state index is 12.9. The molecular formula is C23H27N5O2. The summed E-state index contributed by atoms with van der Waals surface area (Å²) < 4.78 is 3.17. The summed E-state index contributed by atoms with van der Waals surface area (Å²) in [5.74, 6) is 0.124. The van der Waals surface area contributed by atoms with Gasteiger partial charge in [-0.15, -0.1) is 0 Å². The summed E-state index contributed by atoms with van der Waals surface area (Å²) in [6.07, 6.45) is 5.76. The number of carbonyl (C=O) groups is 1. The number of pyridine rings is 1. The van der Waals surface area contributed by atoms with Crippen molar-refractivity contribution in [3.63, 3.8) is 0 Å². The van der Waals surface area contributed by atoms with Crippen LogP contribution in [0.1, 0.15) is 46.8 Å². The number of amides is 1. The van der Waals surface area contributed by atoms with Gasteiger partial charge in [-0.05, 0) is 55.9 Å². The van der Waals surface area contributed by atoms with Gasteiger partial charge in [0, 0.05) is 25.5 Å². The molecule has 3 heterocycles. The molecule has 1 aliphatic rings. The van der Waals surface area contributed by atoms with Gasteiger partial charge in [0.2, 0.25) is 5.91 Å². The Bertz CT molecular complexity index is 1100. The molecule has 7 nitrogen and oxygen atoms in total. The van der Waals surface area contributed by atoms with Crippen LogP contribution in [0.15, 0.2) is 47.5 Å². The second kappa shape index (κ2) is 8.65. The Morgan fingerprint density at radius 3 is 2.93 bits per heavy atom. The van der Waals surface area contributed by atoms with Gasteiger partial charge in [-0.25, -0.2) is 9.48 Å². The van der Waals surface area contributed by atoms with Gasteiger partial charge in [0.1, 0.15) is 5.82 Å². The first-order chi connectivity index (χ1) is 14.5. The maximum atomic E-state index is 12.9. The van der Waals surface area contributed by atoms with Crippen LogP contribution >= 0.6 is 0 Å². The van der Waals surface area contributed by atoms with Gasteiger partial charge >= 0.3 is 5.69 Å². The lowest BCUT2D eigenvalue weighted by molar-refractivity contribution is -0.123. The minimum absolute atomic E-state index is 0.0660. The van der Waals surface area contributed by atoms with Crippen molar-refractivity contribution in [3.05, 3.63) is 81.3 Å². The third-order valence-corrected chi connectivity index (χ3v) is 5.71. The molecule has 0 spiro atoms. The van der Waals surface area contributed by atoms with Gasteiger partial charge in [0.25, 0.3) is 0 Å². The molecule has 2 aromatic heterocycles. The molecule has 1 unspecified atom stereocenters. The van der Waals surface area contributed by atoms with Crippen molar-refractivity contribution >= 4 is 5.91 Å². The molecule has 3 aromatic rings. The highest BCUT2D eigenvalue weighted by molar-refractivity contribution is 5.82. The van der Waals surface area contributed by atoms with Crippen LogP contribution in [0.25, 0.3) is 0 Å². The summed E-state index contributed by atoms with van der Waals surface area (Å²) in [5.41, 5.74) is 4.29. The molecule has 1 aromatic carbocycles. The van der Waals surface area contributed by atoms with Crippen LogP contribution in [0.3, 0.4) is 0 Å². The van der Waals surface area contributed by atoms with Crippen molar-refractivity contribution in [2.75, 3.05) is 6.54 Å². The zero-order valence-corrected chi connectivity index (χ0v) is 17.5. The minimum Gasteiger partial charge on any atom is -0.355 e. The molecule has 0 aliphatic carbocycles. The summed E-state index contributed by atoms with van der Waals surface area (Å²) in [7, 11) is 0. The predicted octanol–water partition coefficient (Wildman–Crippen LogP) is 2.34. The van der Waals surface area contributed by atoms with Crippen LogP contribution in [-0.4, -0.2) is 31.8 Å². The lowest BCUT2D eigenvalue weighted by Crippen LogP contribution is -2.36. The monoisotopic (exact) mass is 405 g/mol. The second-order valence-corrected chi connectivity index (χ2v) is 7.98. The molecule has 7 heteroatoms. The van der Waals surface area contributed by atoms with Crippen molar-refractivity contribution in [2.24, 2.45) is 0 Å². The first-order valence-electron chi connectivity index (χ1n) is 10.4. The summed E-state index contributed by atoms with van der Waals surface area (Å²) in [4.78, 5) is 29.8. The molecule has 1 N–H and O–H groups in total. The number of aromatic nitrogens is 4. The Morgan fingerprint density at radius 2 is 2.13 bits per heavy atom. The number of hydrogen-bond acceptors (Lipinski definition) is 4. The van der Waals surface area contributed by atoms with E-state index >= 15 is 0 Å². The molecular weight excluding hydrogens is 378 g/mol. The van der Waals surface area contributed by atoms with Crippen molar-refractivity contribution in [1.29, 1.82) is 0 Å². The Labute approximate surface area is 175 Å². The predicted molar refractivity (Wildman–Crippen MR) is 114 cm³/mol. The molecule has 0 radical (unpaired) electrons. The molecule has 1 amide bonds. The first-order valence-corrected chi connectivity index (χ1v) is 10.4. The summed E-state index contributed by atoms with van der Waals surface area (Å²) in [5, 5.41) is 7.59. The van der Waals surface area contributed by atoms with E-state index in [1.165, 1.54) is 4.68 Å². The molecule has 30 heavy (non-hydrogen) atoms. The van der Waals surface area contributed by atoms with Gasteiger partial charge in [0.15, 0.2) is 0 Å². The van der Waals surface area contributed by atoms with Crippen LogP contribution in [0.2, 0.25) is 0 Å². The van der Waals surface area contributed by atoms with E-state index in [0.717, 1.165) is 35.1 Å². The fourth-order valence-corrected chi connectivity index (χ4v) is 3.99. The lowest BCUT2D eigenvalue weighted by Gasteiger charge is -2.21. The summed E-state index contributed by atoms with van der Waals surface area (Å²) in [6.45, 7) is 5.64. The van der Waals surface area contributed by atoms with Crippen LogP contribution in [0.4, 0.5) is 0 Å². The molecule has 4 rings (SSSR count). The molecule has 156 valence electrons. The molecule has 0 bridgehead atoms. The van der Waals surface area contributed by atoms with Gasteiger partial charge in [-0.1, -0.05) is 29.8 Å².